The Labute approximate surface area is 147 Å². The normalized spacial score (nSPS) is 15.4. The second-order valence-electron chi connectivity index (χ2n) is 6.88. The van der Waals surface area contributed by atoms with Crippen molar-refractivity contribution < 1.29 is 4.79 Å². The van der Waals surface area contributed by atoms with E-state index in [0.29, 0.717) is 0 Å². The van der Waals surface area contributed by atoms with E-state index >= 15 is 0 Å². The minimum Gasteiger partial charge on any atom is -0.325 e. The molecule has 1 fully saturated rings. The molecule has 0 aliphatic heterocycles. The predicted octanol–water partition coefficient (Wildman–Crippen LogP) is 4.83. The molecule has 3 aromatic rings. The lowest BCUT2D eigenvalue weighted by Crippen LogP contribution is -2.24. The van der Waals surface area contributed by atoms with Gasteiger partial charge in [-0.3, -0.25) is 9.20 Å². The van der Waals surface area contributed by atoms with Crippen molar-refractivity contribution in [2.45, 2.75) is 39.0 Å². The largest absolute Gasteiger partial charge is 0.325 e. The molecule has 1 amide bonds. The molecular weight excluding hydrogens is 310 g/mol. The minimum absolute atomic E-state index is 0.150. The van der Waals surface area contributed by atoms with Crippen LogP contribution in [0.25, 0.3) is 16.9 Å². The summed E-state index contributed by atoms with van der Waals surface area (Å²) in [5.41, 5.74) is 4.92. The maximum atomic E-state index is 12.5. The highest BCUT2D eigenvalue weighted by atomic mass is 16.1. The van der Waals surface area contributed by atoms with Gasteiger partial charge in [0, 0.05) is 17.7 Å². The van der Waals surface area contributed by atoms with E-state index in [9.17, 15) is 4.79 Å². The fourth-order valence-corrected chi connectivity index (χ4v) is 3.79. The number of benzene rings is 1. The first-order valence-corrected chi connectivity index (χ1v) is 9.07. The van der Waals surface area contributed by atoms with Gasteiger partial charge in [0.1, 0.15) is 5.65 Å². The van der Waals surface area contributed by atoms with E-state index in [1.165, 1.54) is 6.42 Å². The van der Waals surface area contributed by atoms with E-state index in [4.69, 9.17) is 0 Å². The van der Waals surface area contributed by atoms with Crippen molar-refractivity contribution in [1.82, 2.24) is 9.38 Å². The lowest BCUT2D eigenvalue weighted by atomic mass is 9.88. The van der Waals surface area contributed by atoms with Crippen molar-refractivity contribution >= 4 is 17.2 Å². The number of fused-ring (bicyclic) bond motifs is 1. The van der Waals surface area contributed by atoms with Gasteiger partial charge in [-0.05, 0) is 31.9 Å². The molecule has 1 aliphatic carbocycles. The van der Waals surface area contributed by atoms with Crippen molar-refractivity contribution in [2.24, 2.45) is 5.92 Å². The molecule has 4 heteroatoms. The van der Waals surface area contributed by atoms with Gasteiger partial charge >= 0.3 is 0 Å². The first kappa shape index (κ1) is 15.9. The standard InChI is InChI=1S/C21H23N3O/c1-15-20(16-8-4-2-5-9-16)24-14-18(12-13-19(24)22-15)23-21(25)17-10-6-3-7-11-17/h2,4-5,8-9,12-14,17H,3,6-7,10-11H2,1H3,(H,23,25). The van der Waals surface area contributed by atoms with E-state index in [1.54, 1.807) is 0 Å². The smallest absolute Gasteiger partial charge is 0.227 e. The molecule has 1 N–H and O–H groups in total. The van der Waals surface area contributed by atoms with Crippen molar-refractivity contribution in [3.05, 3.63) is 54.4 Å². The second-order valence-corrected chi connectivity index (χ2v) is 6.88. The Balaban J connectivity index is 1.66. The summed E-state index contributed by atoms with van der Waals surface area (Å²) in [6, 6.07) is 14.2. The Kier molecular flexibility index (Phi) is 4.26. The summed E-state index contributed by atoms with van der Waals surface area (Å²) < 4.78 is 2.07. The zero-order valence-corrected chi connectivity index (χ0v) is 14.5. The fraction of sp³-hybridized carbons (Fsp3) is 0.333. The van der Waals surface area contributed by atoms with Crippen molar-refractivity contribution in [1.29, 1.82) is 0 Å². The van der Waals surface area contributed by atoms with Gasteiger partial charge in [0.05, 0.1) is 17.1 Å². The zero-order valence-electron chi connectivity index (χ0n) is 14.5. The molecule has 1 aliphatic rings. The summed E-state index contributed by atoms with van der Waals surface area (Å²) >= 11 is 0. The Morgan fingerprint density at radius 2 is 1.84 bits per heavy atom. The van der Waals surface area contributed by atoms with E-state index in [1.807, 2.05) is 43.5 Å². The molecule has 128 valence electrons. The molecule has 0 radical (unpaired) electrons. The highest BCUT2D eigenvalue weighted by Crippen LogP contribution is 2.27. The maximum Gasteiger partial charge on any atom is 0.227 e. The van der Waals surface area contributed by atoms with Crippen LogP contribution in [0, 0.1) is 12.8 Å². The van der Waals surface area contributed by atoms with Gasteiger partial charge < -0.3 is 5.32 Å². The summed E-state index contributed by atoms with van der Waals surface area (Å²) in [5.74, 6) is 0.305. The molecule has 1 aromatic carbocycles. The Morgan fingerprint density at radius 1 is 1.08 bits per heavy atom. The molecule has 0 spiro atoms. The highest BCUT2D eigenvalue weighted by molar-refractivity contribution is 5.92. The number of pyridine rings is 1. The molecule has 0 unspecified atom stereocenters. The number of aryl methyl sites for hydroxylation is 1. The number of aromatic nitrogens is 2. The number of hydrogen-bond donors (Lipinski definition) is 1. The Hall–Kier alpha value is -2.62. The summed E-state index contributed by atoms with van der Waals surface area (Å²) in [4.78, 5) is 17.2. The molecule has 0 atom stereocenters. The lowest BCUT2D eigenvalue weighted by Gasteiger charge is -2.20. The van der Waals surface area contributed by atoms with Crippen LogP contribution in [0.1, 0.15) is 37.8 Å². The number of rotatable bonds is 3. The van der Waals surface area contributed by atoms with Crippen LogP contribution in [-0.2, 0) is 4.79 Å². The number of nitrogens with zero attached hydrogens (tertiary/aromatic N) is 2. The minimum atomic E-state index is 0.150. The van der Waals surface area contributed by atoms with Gasteiger partial charge in [0.25, 0.3) is 0 Å². The maximum absolute atomic E-state index is 12.5. The Morgan fingerprint density at radius 3 is 2.60 bits per heavy atom. The van der Waals surface area contributed by atoms with Crippen molar-refractivity contribution in [3.63, 3.8) is 0 Å². The lowest BCUT2D eigenvalue weighted by molar-refractivity contribution is -0.120. The third-order valence-electron chi connectivity index (χ3n) is 5.08. The van der Waals surface area contributed by atoms with Gasteiger partial charge in [0.2, 0.25) is 5.91 Å². The number of amides is 1. The van der Waals surface area contributed by atoms with Gasteiger partial charge in [-0.15, -0.1) is 0 Å². The first-order chi connectivity index (χ1) is 12.2. The van der Waals surface area contributed by atoms with Gasteiger partial charge in [-0.2, -0.15) is 0 Å². The SMILES string of the molecule is Cc1nc2ccc(NC(=O)C3CCCCC3)cn2c1-c1ccccc1. The van der Waals surface area contributed by atoms with Crippen molar-refractivity contribution in [3.8, 4) is 11.3 Å². The van der Waals surface area contributed by atoms with E-state index in [0.717, 1.165) is 54.0 Å². The molecule has 2 heterocycles. The molecule has 1 saturated carbocycles. The number of imidazole rings is 1. The van der Waals surface area contributed by atoms with Crippen LogP contribution in [-0.4, -0.2) is 15.3 Å². The fourth-order valence-electron chi connectivity index (χ4n) is 3.79. The predicted molar refractivity (Wildman–Crippen MR) is 101 cm³/mol. The van der Waals surface area contributed by atoms with Crippen molar-refractivity contribution in [2.75, 3.05) is 5.32 Å². The van der Waals surface area contributed by atoms with Crippen LogP contribution in [0.2, 0.25) is 0 Å². The molecule has 0 bridgehead atoms. The third kappa shape index (κ3) is 3.16. The number of carbonyl (C=O) groups excluding carboxylic acids is 1. The zero-order chi connectivity index (χ0) is 17.2. The second kappa shape index (κ2) is 6.71. The van der Waals surface area contributed by atoms with Gasteiger partial charge in [-0.1, -0.05) is 49.6 Å². The van der Waals surface area contributed by atoms with E-state index in [2.05, 4.69) is 26.8 Å². The van der Waals surface area contributed by atoms with Gasteiger partial charge in [0.15, 0.2) is 0 Å². The molecule has 4 rings (SSSR count). The van der Waals surface area contributed by atoms with Crippen LogP contribution in [0.4, 0.5) is 5.69 Å². The number of carbonyl (C=O) groups is 1. The summed E-state index contributed by atoms with van der Waals surface area (Å²) in [5, 5.41) is 3.10. The molecule has 0 saturated heterocycles. The Bertz CT molecular complexity index is 892. The average molecular weight is 333 g/mol. The quantitative estimate of drug-likeness (QED) is 0.746. The van der Waals surface area contributed by atoms with Crippen LogP contribution in [0.15, 0.2) is 48.7 Å². The van der Waals surface area contributed by atoms with Crippen LogP contribution < -0.4 is 5.32 Å². The highest BCUT2D eigenvalue weighted by Gasteiger charge is 2.21. The molecule has 4 nitrogen and oxygen atoms in total. The number of anilines is 1. The molecule has 25 heavy (non-hydrogen) atoms. The topological polar surface area (TPSA) is 46.4 Å². The average Bonchev–Trinajstić information content (AvgIpc) is 2.98. The van der Waals surface area contributed by atoms with E-state index in [-0.39, 0.29) is 11.8 Å². The molecular formula is C21H23N3O. The van der Waals surface area contributed by atoms with Crippen LogP contribution in [0.3, 0.4) is 0 Å². The first-order valence-electron chi connectivity index (χ1n) is 9.07. The van der Waals surface area contributed by atoms with Crippen LogP contribution in [0.5, 0.6) is 0 Å². The number of hydrogen-bond acceptors (Lipinski definition) is 2. The monoisotopic (exact) mass is 333 g/mol. The number of nitrogens with one attached hydrogen (secondary N) is 1. The van der Waals surface area contributed by atoms with Crippen LogP contribution >= 0.6 is 0 Å². The van der Waals surface area contributed by atoms with E-state index < -0.39 is 0 Å². The summed E-state index contributed by atoms with van der Waals surface area (Å²) in [6.07, 6.45) is 7.58. The third-order valence-corrected chi connectivity index (χ3v) is 5.08. The van der Waals surface area contributed by atoms with Gasteiger partial charge in [-0.25, -0.2) is 4.98 Å². The molecule has 2 aromatic heterocycles. The summed E-state index contributed by atoms with van der Waals surface area (Å²) in [6.45, 7) is 2.02. The summed E-state index contributed by atoms with van der Waals surface area (Å²) in [7, 11) is 0.